The molecule has 2 aromatic rings. The topological polar surface area (TPSA) is 30.5 Å². The van der Waals surface area contributed by atoms with Crippen LogP contribution in [-0.4, -0.2) is 19.8 Å². The molecule has 1 heterocycles. The molecule has 0 bridgehead atoms. The molecule has 1 N–H and O–H groups in total. The predicted octanol–water partition coefficient (Wildman–Crippen LogP) is 4.91. The van der Waals surface area contributed by atoms with E-state index in [4.69, 9.17) is 9.47 Å². The number of ether oxygens (including phenoxy) is 2. The fourth-order valence-electron chi connectivity index (χ4n) is 2.87. The smallest absolute Gasteiger partial charge is 0.183 e. The molecule has 0 amide bonds. The van der Waals surface area contributed by atoms with Gasteiger partial charge in [-0.15, -0.1) is 0 Å². The lowest BCUT2D eigenvalue weighted by Gasteiger charge is -2.40. The molecule has 3 nitrogen and oxygen atoms in total. The van der Waals surface area contributed by atoms with Gasteiger partial charge in [0.1, 0.15) is 0 Å². The van der Waals surface area contributed by atoms with Crippen LogP contribution in [0.25, 0.3) is 0 Å². The number of nitrogens with one attached hydrogen (secondary N) is 1. The Kier molecular flexibility index (Phi) is 5.44. The third-order valence-corrected chi connectivity index (χ3v) is 4.89. The Hall–Kier alpha value is -2.26. The Bertz CT molecular complexity index is 694. The van der Waals surface area contributed by atoms with Crippen LogP contribution in [0.5, 0.6) is 0 Å². The molecule has 0 radical (unpaired) electrons. The normalized spacial score (nSPS) is 15.3. The van der Waals surface area contributed by atoms with E-state index in [2.05, 4.69) is 74.3 Å². The van der Waals surface area contributed by atoms with Crippen molar-refractivity contribution < 1.29 is 9.47 Å². The Morgan fingerprint density at radius 3 is 2.20 bits per heavy atom. The van der Waals surface area contributed by atoms with E-state index in [-0.39, 0.29) is 5.41 Å². The van der Waals surface area contributed by atoms with E-state index in [0.717, 1.165) is 31.7 Å². The fraction of sp³-hybridized carbons (Fsp3) is 0.364. The van der Waals surface area contributed by atoms with Crippen molar-refractivity contribution in [3.63, 3.8) is 0 Å². The van der Waals surface area contributed by atoms with Crippen molar-refractivity contribution in [2.45, 2.75) is 26.7 Å². The standard InChI is InChI=1S/C22H27NO2/c1-4-22(14-24-15-22)16-25-18(3)23-21-11-9-20(10-12-21)13-19-7-5-17(2)6-8-19/h5-12,23H,3-4,13-16H2,1-2H3. The second-order valence-electron chi connectivity index (χ2n) is 7.04. The fourth-order valence-corrected chi connectivity index (χ4v) is 2.87. The van der Waals surface area contributed by atoms with Crippen LogP contribution in [-0.2, 0) is 15.9 Å². The van der Waals surface area contributed by atoms with Crippen LogP contribution in [0.1, 0.15) is 30.0 Å². The average Bonchev–Trinajstić information content (AvgIpc) is 2.58. The highest BCUT2D eigenvalue weighted by molar-refractivity contribution is 5.48. The molecular weight excluding hydrogens is 310 g/mol. The summed E-state index contributed by atoms with van der Waals surface area (Å²) in [7, 11) is 0. The minimum Gasteiger partial charge on any atom is -0.479 e. The molecule has 0 unspecified atom stereocenters. The van der Waals surface area contributed by atoms with Gasteiger partial charge in [-0.05, 0) is 49.6 Å². The van der Waals surface area contributed by atoms with E-state index in [1.54, 1.807) is 0 Å². The van der Waals surface area contributed by atoms with Crippen molar-refractivity contribution in [1.29, 1.82) is 0 Å². The Morgan fingerprint density at radius 2 is 1.68 bits per heavy atom. The zero-order valence-electron chi connectivity index (χ0n) is 15.2. The monoisotopic (exact) mass is 337 g/mol. The molecule has 0 spiro atoms. The zero-order chi connectivity index (χ0) is 17.7. The molecule has 132 valence electrons. The first-order chi connectivity index (χ1) is 12.1. The van der Waals surface area contributed by atoms with E-state index in [1.165, 1.54) is 16.7 Å². The maximum absolute atomic E-state index is 5.80. The summed E-state index contributed by atoms with van der Waals surface area (Å²) in [5.74, 6) is 0.589. The van der Waals surface area contributed by atoms with Crippen molar-refractivity contribution in [3.8, 4) is 0 Å². The van der Waals surface area contributed by atoms with Gasteiger partial charge in [-0.1, -0.05) is 48.9 Å². The summed E-state index contributed by atoms with van der Waals surface area (Å²) >= 11 is 0. The summed E-state index contributed by atoms with van der Waals surface area (Å²) in [4.78, 5) is 0. The van der Waals surface area contributed by atoms with Gasteiger partial charge in [0.25, 0.3) is 0 Å². The molecule has 1 saturated heterocycles. The first-order valence-electron chi connectivity index (χ1n) is 8.89. The summed E-state index contributed by atoms with van der Waals surface area (Å²) in [5.41, 5.74) is 5.07. The van der Waals surface area contributed by atoms with Crippen molar-refractivity contribution in [3.05, 3.63) is 77.7 Å². The maximum atomic E-state index is 5.80. The van der Waals surface area contributed by atoms with Crippen LogP contribution in [0.3, 0.4) is 0 Å². The lowest BCUT2D eigenvalue weighted by Crippen LogP contribution is -2.45. The summed E-state index contributed by atoms with van der Waals surface area (Å²) in [6.07, 6.45) is 2.00. The van der Waals surface area contributed by atoms with E-state index in [1.807, 2.05) is 0 Å². The number of benzene rings is 2. The van der Waals surface area contributed by atoms with E-state index in [0.29, 0.717) is 12.5 Å². The second kappa shape index (κ2) is 7.75. The third kappa shape index (κ3) is 4.64. The van der Waals surface area contributed by atoms with Crippen molar-refractivity contribution >= 4 is 5.69 Å². The molecule has 0 atom stereocenters. The van der Waals surface area contributed by atoms with Crippen LogP contribution in [0.2, 0.25) is 0 Å². The van der Waals surface area contributed by atoms with E-state index in [9.17, 15) is 0 Å². The number of rotatable bonds is 8. The van der Waals surface area contributed by atoms with Crippen LogP contribution < -0.4 is 5.32 Å². The van der Waals surface area contributed by atoms with Gasteiger partial charge in [-0.2, -0.15) is 0 Å². The molecular formula is C22H27NO2. The molecule has 3 rings (SSSR count). The van der Waals surface area contributed by atoms with Crippen LogP contribution in [0.4, 0.5) is 5.69 Å². The van der Waals surface area contributed by atoms with Crippen LogP contribution in [0.15, 0.2) is 61.0 Å². The predicted molar refractivity (Wildman–Crippen MR) is 103 cm³/mol. The van der Waals surface area contributed by atoms with Gasteiger partial charge < -0.3 is 14.8 Å². The summed E-state index contributed by atoms with van der Waals surface area (Å²) in [6.45, 7) is 10.5. The largest absolute Gasteiger partial charge is 0.479 e. The molecule has 0 saturated carbocycles. The van der Waals surface area contributed by atoms with Crippen molar-refractivity contribution in [2.75, 3.05) is 25.1 Å². The summed E-state index contributed by atoms with van der Waals surface area (Å²) in [6, 6.07) is 17.1. The number of hydrogen-bond acceptors (Lipinski definition) is 3. The summed E-state index contributed by atoms with van der Waals surface area (Å²) in [5, 5.41) is 3.23. The molecule has 0 aromatic heterocycles. The van der Waals surface area contributed by atoms with E-state index < -0.39 is 0 Å². The van der Waals surface area contributed by atoms with E-state index >= 15 is 0 Å². The third-order valence-electron chi connectivity index (χ3n) is 4.89. The van der Waals surface area contributed by atoms with Gasteiger partial charge in [-0.25, -0.2) is 0 Å². The Morgan fingerprint density at radius 1 is 1.08 bits per heavy atom. The quantitative estimate of drug-likeness (QED) is 0.694. The lowest BCUT2D eigenvalue weighted by molar-refractivity contribution is -0.142. The van der Waals surface area contributed by atoms with Crippen molar-refractivity contribution in [2.24, 2.45) is 5.41 Å². The minimum absolute atomic E-state index is 0.169. The molecule has 1 fully saturated rings. The molecule has 1 aliphatic rings. The zero-order valence-corrected chi connectivity index (χ0v) is 15.2. The Balaban J connectivity index is 1.50. The maximum Gasteiger partial charge on any atom is 0.183 e. The van der Waals surface area contributed by atoms with Gasteiger partial charge >= 0.3 is 0 Å². The SMILES string of the molecule is C=C(Nc1ccc(Cc2ccc(C)cc2)cc1)OCC1(CC)COC1. The van der Waals surface area contributed by atoms with Gasteiger partial charge in [0.15, 0.2) is 5.88 Å². The van der Waals surface area contributed by atoms with Crippen LogP contribution >= 0.6 is 0 Å². The van der Waals surface area contributed by atoms with Gasteiger partial charge in [0, 0.05) is 5.69 Å². The van der Waals surface area contributed by atoms with Crippen molar-refractivity contribution in [1.82, 2.24) is 0 Å². The number of hydrogen-bond donors (Lipinski definition) is 1. The first kappa shape index (κ1) is 17.6. The number of aryl methyl sites for hydroxylation is 1. The Labute approximate surface area is 150 Å². The highest BCUT2D eigenvalue weighted by Crippen LogP contribution is 2.32. The molecule has 25 heavy (non-hydrogen) atoms. The van der Waals surface area contributed by atoms with Gasteiger partial charge in [0.05, 0.1) is 25.2 Å². The van der Waals surface area contributed by atoms with Crippen LogP contribution in [0, 0.1) is 12.3 Å². The van der Waals surface area contributed by atoms with Gasteiger partial charge in [0.2, 0.25) is 0 Å². The lowest BCUT2D eigenvalue weighted by atomic mass is 9.84. The molecule has 3 heteroatoms. The highest BCUT2D eigenvalue weighted by atomic mass is 16.5. The molecule has 0 aliphatic carbocycles. The minimum atomic E-state index is 0.169. The highest BCUT2D eigenvalue weighted by Gasteiger charge is 2.37. The average molecular weight is 337 g/mol. The van der Waals surface area contributed by atoms with Gasteiger partial charge in [-0.3, -0.25) is 0 Å². The second-order valence-corrected chi connectivity index (χ2v) is 7.04. The number of anilines is 1. The first-order valence-corrected chi connectivity index (χ1v) is 8.89. The molecule has 1 aliphatic heterocycles. The molecule has 2 aromatic carbocycles. The summed E-state index contributed by atoms with van der Waals surface area (Å²) < 4.78 is 11.1.